The van der Waals surface area contributed by atoms with Gasteiger partial charge in [-0.25, -0.2) is 0 Å². The summed E-state index contributed by atoms with van der Waals surface area (Å²) in [7, 11) is 0. The van der Waals surface area contributed by atoms with Gasteiger partial charge in [-0.2, -0.15) is 0 Å². The average Bonchev–Trinajstić information content (AvgIpc) is 3.35. The maximum atomic E-state index is 10.0. The molecule has 5 nitrogen and oxygen atoms in total. The van der Waals surface area contributed by atoms with E-state index in [1.54, 1.807) is 0 Å². The van der Waals surface area contributed by atoms with Crippen LogP contribution in [-0.4, -0.2) is 42.9 Å². The van der Waals surface area contributed by atoms with E-state index >= 15 is 0 Å². The summed E-state index contributed by atoms with van der Waals surface area (Å²) in [4.78, 5) is 4.41. The number of ether oxygens (including phenoxy) is 1. The van der Waals surface area contributed by atoms with Crippen molar-refractivity contribution in [3.63, 3.8) is 0 Å². The molecule has 0 radical (unpaired) electrons. The zero-order valence-corrected chi connectivity index (χ0v) is 16.2. The number of aliphatic imine (C=N–C) groups is 1. The van der Waals surface area contributed by atoms with Crippen LogP contribution in [0.1, 0.15) is 38.4 Å². The fourth-order valence-electron chi connectivity index (χ4n) is 2.07. The number of hydrogen-bond donors (Lipinski definition) is 3. The van der Waals surface area contributed by atoms with E-state index in [1.165, 1.54) is 12.8 Å². The van der Waals surface area contributed by atoms with E-state index in [2.05, 4.69) is 15.6 Å². The molecule has 1 aliphatic carbocycles. The second-order valence-corrected chi connectivity index (χ2v) is 5.68. The van der Waals surface area contributed by atoms with Crippen molar-refractivity contribution in [3.05, 3.63) is 35.9 Å². The van der Waals surface area contributed by atoms with Gasteiger partial charge in [0.25, 0.3) is 0 Å². The zero-order valence-electron chi connectivity index (χ0n) is 13.9. The molecule has 0 saturated heterocycles. The summed E-state index contributed by atoms with van der Waals surface area (Å²) in [5, 5.41) is 16.5. The highest BCUT2D eigenvalue weighted by Crippen LogP contribution is 2.18. The third-order valence-electron chi connectivity index (χ3n) is 3.53. The maximum absolute atomic E-state index is 10.0. The van der Waals surface area contributed by atoms with E-state index in [-0.39, 0.29) is 36.7 Å². The number of nitrogens with zero attached hydrogens (tertiary/aromatic N) is 1. The molecule has 2 atom stereocenters. The Morgan fingerprint density at radius 1 is 1.35 bits per heavy atom. The van der Waals surface area contributed by atoms with Crippen LogP contribution in [0.4, 0.5) is 0 Å². The van der Waals surface area contributed by atoms with Gasteiger partial charge >= 0.3 is 0 Å². The van der Waals surface area contributed by atoms with Gasteiger partial charge in [-0.1, -0.05) is 30.3 Å². The first-order chi connectivity index (χ1) is 10.7. The standard InChI is InChI=1S/C17H27N3O2.HI/c1-3-18-17(20-15-9-10-15)19-11-16(21)12-22-13(2)14-7-5-4-6-8-14;/h4-8,13,15-16,21H,3,9-12H2,1-2H3,(H2,18,19,20);1H. The lowest BCUT2D eigenvalue weighted by atomic mass is 10.1. The van der Waals surface area contributed by atoms with Gasteiger partial charge in [0.05, 0.1) is 25.4 Å². The summed E-state index contributed by atoms with van der Waals surface area (Å²) in [6.07, 6.45) is 1.77. The molecule has 1 aromatic rings. The van der Waals surface area contributed by atoms with Crippen LogP contribution in [0.3, 0.4) is 0 Å². The Balaban J connectivity index is 0.00000264. The summed E-state index contributed by atoms with van der Waals surface area (Å²) in [5.41, 5.74) is 1.11. The minimum absolute atomic E-state index is 0. The molecule has 2 rings (SSSR count). The van der Waals surface area contributed by atoms with Gasteiger partial charge in [0.1, 0.15) is 0 Å². The summed E-state index contributed by atoms with van der Waals surface area (Å²) in [6.45, 7) is 5.46. The molecule has 1 aliphatic rings. The van der Waals surface area contributed by atoms with Gasteiger partial charge in [0.15, 0.2) is 5.96 Å². The highest BCUT2D eigenvalue weighted by Gasteiger charge is 2.22. The smallest absolute Gasteiger partial charge is 0.191 e. The normalized spacial score (nSPS) is 17.1. The monoisotopic (exact) mass is 433 g/mol. The van der Waals surface area contributed by atoms with Crippen molar-refractivity contribution in [2.24, 2.45) is 4.99 Å². The number of nitrogens with one attached hydrogen (secondary N) is 2. The summed E-state index contributed by atoms with van der Waals surface area (Å²) >= 11 is 0. The van der Waals surface area contributed by atoms with Crippen LogP contribution in [0, 0.1) is 0 Å². The second kappa shape index (κ2) is 10.8. The van der Waals surface area contributed by atoms with Crippen molar-refractivity contribution in [1.29, 1.82) is 0 Å². The first-order valence-electron chi connectivity index (χ1n) is 8.08. The van der Waals surface area contributed by atoms with Crippen molar-refractivity contribution in [2.45, 2.75) is 44.9 Å². The van der Waals surface area contributed by atoms with Gasteiger partial charge in [-0.3, -0.25) is 4.99 Å². The minimum atomic E-state index is -0.596. The number of aliphatic hydroxyl groups excluding tert-OH is 1. The molecule has 1 fully saturated rings. The highest BCUT2D eigenvalue weighted by atomic mass is 127. The van der Waals surface area contributed by atoms with Crippen LogP contribution in [0.15, 0.2) is 35.3 Å². The molecular weight excluding hydrogens is 405 g/mol. The summed E-state index contributed by atoms with van der Waals surface area (Å²) in [6, 6.07) is 10.6. The Kier molecular flexibility index (Phi) is 9.50. The van der Waals surface area contributed by atoms with Gasteiger partial charge < -0.3 is 20.5 Å². The number of hydrogen-bond acceptors (Lipinski definition) is 3. The quantitative estimate of drug-likeness (QED) is 0.335. The Morgan fingerprint density at radius 2 is 2.04 bits per heavy atom. The number of guanidine groups is 1. The van der Waals surface area contributed by atoms with Crippen molar-refractivity contribution >= 4 is 29.9 Å². The van der Waals surface area contributed by atoms with Crippen LogP contribution in [0.25, 0.3) is 0 Å². The van der Waals surface area contributed by atoms with Crippen LogP contribution < -0.4 is 10.6 Å². The molecule has 0 spiro atoms. The van der Waals surface area contributed by atoms with Crippen molar-refractivity contribution < 1.29 is 9.84 Å². The second-order valence-electron chi connectivity index (χ2n) is 5.68. The largest absolute Gasteiger partial charge is 0.389 e. The predicted molar refractivity (Wildman–Crippen MR) is 104 cm³/mol. The lowest BCUT2D eigenvalue weighted by Gasteiger charge is -2.16. The minimum Gasteiger partial charge on any atom is -0.389 e. The fraction of sp³-hybridized carbons (Fsp3) is 0.588. The topological polar surface area (TPSA) is 65.9 Å². The van der Waals surface area contributed by atoms with Crippen LogP contribution in [0.5, 0.6) is 0 Å². The molecule has 0 heterocycles. The molecular formula is C17H28IN3O2. The molecule has 2 unspecified atom stereocenters. The Hall–Kier alpha value is -0.860. The predicted octanol–water partition coefficient (Wildman–Crippen LogP) is 2.46. The van der Waals surface area contributed by atoms with E-state index in [0.29, 0.717) is 12.6 Å². The van der Waals surface area contributed by atoms with Crippen LogP contribution in [-0.2, 0) is 4.74 Å². The van der Waals surface area contributed by atoms with Gasteiger partial charge in [-0.05, 0) is 32.3 Å². The lowest BCUT2D eigenvalue weighted by Crippen LogP contribution is -2.39. The number of rotatable bonds is 8. The number of benzene rings is 1. The third kappa shape index (κ3) is 7.99. The molecule has 1 saturated carbocycles. The Morgan fingerprint density at radius 3 is 2.65 bits per heavy atom. The van der Waals surface area contributed by atoms with Gasteiger partial charge in [-0.15, -0.1) is 24.0 Å². The molecule has 0 bridgehead atoms. The van der Waals surface area contributed by atoms with Gasteiger partial charge in [0, 0.05) is 12.6 Å². The molecule has 0 aromatic heterocycles. The summed E-state index contributed by atoms with van der Waals surface area (Å²) < 4.78 is 5.72. The van der Waals surface area contributed by atoms with Crippen LogP contribution >= 0.6 is 24.0 Å². The molecule has 130 valence electrons. The van der Waals surface area contributed by atoms with E-state index in [0.717, 1.165) is 18.1 Å². The summed E-state index contributed by atoms with van der Waals surface area (Å²) in [5.74, 6) is 0.778. The van der Waals surface area contributed by atoms with E-state index < -0.39 is 6.10 Å². The molecule has 0 amide bonds. The lowest BCUT2D eigenvalue weighted by molar-refractivity contribution is 0.00111. The SMILES string of the molecule is CCNC(=NCC(O)COC(C)c1ccccc1)NC1CC1.I. The van der Waals surface area contributed by atoms with E-state index in [9.17, 15) is 5.11 Å². The molecule has 3 N–H and O–H groups in total. The molecule has 23 heavy (non-hydrogen) atoms. The zero-order chi connectivity index (χ0) is 15.8. The van der Waals surface area contributed by atoms with E-state index in [1.807, 2.05) is 44.2 Å². The Labute approximate surface area is 155 Å². The number of halogens is 1. The molecule has 6 heteroatoms. The first kappa shape index (κ1) is 20.2. The number of aliphatic hydroxyl groups is 1. The fourth-order valence-corrected chi connectivity index (χ4v) is 2.07. The van der Waals surface area contributed by atoms with Crippen molar-refractivity contribution in [1.82, 2.24) is 10.6 Å². The van der Waals surface area contributed by atoms with Crippen molar-refractivity contribution in [2.75, 3.05) is 19.7 Å². The molecule has 0 aliphatic heterocycles. The van der Waals surface area contributed by atoms with E-state index in [4.69, 9.17) is 4.74 Å². The third-order valence-corrected chi connectivity index (χ3v) is 3.53. The van der Waals surface area contributed by atoms with Crippen molar-refractivity contribution in [3.8, 4) is 0 Å². The molecule has 1 aromatic carbocycles. The van der Waals surface area contributed by atoms with Crippen LogP contribution in [0.2, 0.25) is 0 Å². The maximum Gasteiger partial charge on any atom is 0.191 e. The average molecular weight is 433 g/mol. The highest BCUT2D eigenvalue weighted by molar-refractivity contribution is 14.0. The van der Waals surface area contributed by atoms with Gasteiger partial charge in [0.2, 0.25) is 0 Å². The Bertz CT molecular complexity index is 466. The first-order valence-corrected chi connectivity index (χ1v) is 8.08.